The molecule has 0 heterocycles. The smallest absolute Gasteiger partial charge is 0.123 e. The van der Waals surface area contributed by atoms with E-state index in [1.807, 2.05) is 18.2 Å². The number of phenols is 1. The molecule has 0 aromatic heterocycles. The van der Waals surface area contributed by atoms with Crippen molar-refractivity contribution in [3.05, 3.63) is 40.9 Å². The van der Waals surface area contributed by atoms with Crippen molar-refractivity contribution in [2.75, 3.05) is 0 Å². The maximum atomic E-state index is 9.96. The molecule has 0 aliphatic carbocycles. The van der Waals surface area contributed by atoms with Gasteiger partial charge >= 0.3 is 0 Å². The summed E-state index contributed by atoms with van der Waals surface area (Å²) in [6.07, 6.45) is 0. The van der Waals surface area contributed by atoms with E-state index in [-0.39, 0.29) is 5.75 Å². The fraction of sp³-hybridized carbons (Fsp3) is 0.231. The highest BCUT2D eigenvalue weighted by atomic mass is 35.5. The maximum absolute atomic E-state index is 9.96. The van der Waals surface area contributed by atoms with Gasteiger partial charge in [0, 0.05) is 16.3 Å². The minimum Gasteiger partial charge on any atom is -0.507 e. The molecule has 2 aromatic carbocycles. The summed E-state index contributed by atoms with van der Waals surface area (Å²) in [5, 5.41) is 21.8. The number of halogens is 1. The van der Waals surface area contributed by atoms with Crippen LogP contribution < -0.4 is 0 Å². The van der Waals surface area contributed by atoms with Crippen LogP contribution in [-0.4, -0.2) is 10.2 Å². The molecule has 2 N–H and O–H groups in total. The Balaban J connectivity index is 2.86. The van der Waals surface area contributed by atoms with E-state index < -0.39 is 5.60 Å². The first kappa shape index (κ1) is 11.2. The molecule has 0 aliphatic rings. The first-order valence-electron chi connectivity index (χ1n) is 5.04. The second-order valence-electron chi connectivity index (χ2n) is 4.36. The van der Waals surface area contributed by atoms with Crippen LogP contribution in [0.15, 0.2) is 30.3 Å². The van der Waals surface area contributed by atoms with Crippen molar-refractivity contribution < 1.29 is 10.2 Å². The van der Waals surface area contributed by atoms with E-state index in [9.17, 15) is 10.2 Å². The number of fused-ring (bicyclic) bond motifs is 1. The van der Waals surface area contributed by atoms with E-state index in [1.54, 1.807) is 19.9 Å². The van der Waals surface area contributed by atoms with Crippen molar-refractivity contribution >= 4 is 22.4 Å². The average molecular weight is 237 g/mol. The molecule has 2 rings (SSSR count). The standard InChI is InChI=1S/C13H13ClO2/c1-13(2,16)10-7-11(15)8-5-3-4-6-9(8)12(10)14/h3-7,15-16H,1-2H3. The predicted molar refractivity (Wildman–Crippen MR) is 65.9 cm³/mol. The summed E-state index contributed by atoms with van der Waals surface area (Å²) >= 11 is 6.23. The van der Waals surface area contributed by atoms with Gasteiger partial charge < -0.3 is 10.2 Å². The van der Waals surface area contributed by atoms with Gasteiger partial charge in [0.15, 0.2) is 0 Å². The second kappa shape index (κ2) is 3.65. The zero-order valence-corrected chi connectivity index (χ0v) is 9.92. The zero-order chi connectivity index (χ0) is 11.9. The van der Waals surface area contributed by atoms with Gasteiger partial charge in [0.05, 0.1) is 10.6 Å². The highest BCUT2D eigenvalue weighted by Crippen LogP contribution is 2.38. The van der Waals surface area contributed by atoms with Gasteiger partial charge in [0.2, 0.25) is 0 Å². The van der Waals surface area contributed by atoms with Crippen molar-refractivity contribution in [1.82, 2.24) is 0 Å². The number of rotatable bonds is 1. The van der Waals surface area contributed by atoms with Crippen molar-refractivity contribution in [3.63, 3.8) is 0 Å². The van der Waals surface area contributed by atoms with E-state index >= 15 is 0 Å². The first-order valence-corrected chi connectivity index (χ1v) is 5.42. The van der Waals surface area contributed by atoms with Gasteiger partial charge in [-0.05, 0) is 19.9 Å². The van der Waals surface area contributed by atoms with Gasteiger partial charge in [0.1, 0.15) is 5.75 Å². The fourth-order valence-corrected chi connectivity index (χ4v) is 2.22. The second-order valence-corrected chi connectivity index (χ2v) is 4.74. The molecule has 0 saturated carbocycles. The molecule has 0 unspecified atom stereocenters. The van der Waals surface area contributed by atoms with Gasteiger partial charge in [-0.2, -0.15) is 0 Å². The lowest BCUT2D eigenvalue weighted by molar-refractivity contribution is 0.0786. The van der Waals surface area contributed by atoms with E-state index in [2.05, 4.69) is 0 Å². The Bertz CT molecular complexity index is 541. The molecule has 0 atom stereocenters. The first-order chi connectivity index (χ1) is 7.41. The number of hydrogen-bond acceptors (Lipinski definition) is 2. The molecule has 0 amide bonds. The Morgan fingerprint density at radius 2 is 1.69 bits per heavy atom. The lowest BCUT2D eigenvalue weighted by Gasteiger charge is -2.21. The molecular weight excluding hydrogens is 224 g/mol. The lowest BCUT2D eigenvalue weighted by Crippen LogP contribution is -2.16. The molecule has 0 saturated heterocycles. The molecule has 84 valence electrons. The van der Waals surface area contributed by atoms with Crippen LogP contribution in [0.25, 0.3) is 10.8 Å². The Labute approximate surface area is 99.1 Å². The Hall–Kier alpha value is -1.25. The van der Waals surface area contributed by atoms with Crippen LogP contribution in [0.2, 0.25) is 5.02 Å². The number of hydrogen-bond donors (Lipinski definition) is 2. The highest BCUT2D eigenvalue weighted by Gasteiger charge is 2.22. The monoisotopic (exact) mass is 236 g/mol. The quantitative estimate of drug-likeness (QED) is 0.797. The van der Waals surface area contributed by atoms with Crippen molar-refractivity contribution in [3.8, 4) is 5.75 Å². The Morgan fingerprint density at radius 1 is 1.12 bits per heavy atom. The predicted octanol–water partition coefficient (Wildman–Crippen LogP) is 3.43. The lowest BCUT2D eigenvalue weighted by atomic mass is 9.94. The van der Waals surface area contributed by atoms with E-state index in [0.717, 1.165) is 5.39 Å². The van der Waals surface area contributed by atoms with E-state index in [0.29, 0.717) is 16.0 Å². The molecule has 0 aliphatic heterocycles. The van der Waals surface area contributed by atoms with Gasteiger partial charge in [-0.1, -0.05) is 35.9 Å². The third-order valence-electron chi connectivity index (χ3n) is 2.62. The molecule has 2 aromatic rings. The number of phenolic OH excluding ortho intramolecular Hbond substituents is 1. The average Bonchev–Trinajstić information content (AvgIpc) is 2.22. The molecule has 16 heavy (non-hydrogen) atoms. The molecule has 0 bridgehead atoms. The number of aromatic hydroxyl groups is 1. The van der Waals surface area contributed by atoms with Crippen LogP contribution in [-0.2, 0) is 5.60 Å². The number of aliphatic hydroxyl groups is 1. The summed E-state index contributed by atoms with van der Waals surface area (Å²) in [6.45, 7) is 3.28. The van der Waals surface area contributed by atoms with Crippen LogP contribution >= 0.6 is 11.6 Å². The van der Waals surface area contributed by atoms with Crippen LogP contribution in [0.3, 0.4) is 0 Å². The van der Waals surface area contributed by atoms with Crippen LogP contribution in [0, 0.1) is 0 Å². The van der Waals surface area contributed by atoms with E-state index in [1.165, 1.54) is 6.07 Å². The molecule has 2 nitrogen and oxygen atoms in total. The summed E-state index contributed by atoms with van der Waals surface area (Å²) in [5.74, 6) is 0.136. The fourth-order valence-electron chi connectivity index (χ4n) is 1.77. The summed E-state index contributed by atoms with van der Waals surface area (Å²) in [5.41, 5.74) is -0.538. The van der Waals surface area contributed by atoms with Gasteiger partial charge in [-0.3, -0.25) is 0 Å². The minimum atomic E-state index is -1.07. The Kier molecular flexibility index (Phi) is 2.56. The maximum Gasteiger partial charge on any atom is 0.123 e. The highest BCUT2D eigenvalue weighted by molar-refractivity contribution is 6.36. The summed E-state index contributed by atoms with van der Waals surface area (Å²) in [4.78, 5) is 0. The summed E-state index contributed by atoms with van der Waals surface area (Å²) < 4.78 is 0. The normalized spacial score (nSPS) is 12.0. The van der Waals surface area contributed by atoms with Gasteiger partial charge in [0.25, 0.3) is 0 Å². The molecule has 0 spiro atoms. The van der Waals surface area contributed by atoms with E-state index in [4.69, 9.17) is 11.6 Å². The van der Waals surface area contributed by atoms with Gasteiger partial charge in [-0.25, -0.2) is 0 Å². The van der Waals surface area contributed by atoms with Crippen LogP contribution in [0.5, 0.6) is 5.75 Å². The van der Waals surface area contributed by atoms with Crippen molar-refractivity contribution in [1.29, 1.82) is 0 Å². The van der Waals surface area contributed by atoms with Crippen LogP contribution in [0.4, 0.5) is 0 Å². The third kappa shape index (κ3) is 1.75. The molecular formula is C13H13ClO2. The summed E-state index contributed by atoms with van der Waals surface area (Å²) in [7, 11) is 0. The van der Waals surface area contributed by atoms with Crippen molar-refractivity contribution in [2.45, 2.75) is 19.4 Å². The molecule has 0 radical (unpaired) electrons. The molecule has 3 heteroatoms. The topological polar surface area (TPSA) is 40.5 Å². The van der Waals surface area contributed by atoms with Gasteiger partial charge in [-0.15, -0.1) is 0 Å². The number of benzene rings is 2. The third-order valence-corrected chi connectivity index (χ3v) is 3.02. The SMILES string of the molecule is CC(C)(O)c1cc(O)c2ccccc2c1Cl. The van der Waals surface area contributed by atoms with Crippen molar-refractivity contribution in [2.24, 2.45) is 0 Å². The minimum absolute atomic E-state index is 0.136. The Morgan fingerprint density at radius 3 is 2.25 bits per heavy atom. The summed E-state index contributed by atoms with van der Waals surface area (Å²) in [6, 6.07) is 8.83. The van der Waals surface area contributed by atoms with Crippen LogP contribution in [0.1, 0.15) is 19.4 Å². The molecule has 0 fully saturated rings. The zero-order valence-electron chi connectivity index (χ0n) is 9.16. The largest absolute Gasteiger partial charge is 0.507 e.